The number of hydrogen-bond donors (Lipinski definition) is 1. The molecular formula is C13H6F3N3O3. The number of nitrogens with one attached hydrogen (secondary N) is 1. The first-order chi connectivity index (χ1) is 10.2. The van der Waals surface area contributed by atoms with Crippen molar-refractivity contribution >= 4 is 5.69 Å². The number of alkyl halides is 3. The molecule has 22 heavy (non-hydrogen) atoms. The zero-order chi connectivity index (χ0) is 16.5. The smallest absolute Gasteiger partial charge is 0.321 e. The molecule has 0 fully saturated rings. The van der Waals surface area contributed by atoms with Crippen molar-refractivity contribution in [3.05, 3.63) is 61.9 Å². The standard InChI is InChI=1S/C13H6F3N3O3/c14-13(15,16)10-5-11(18-12(20)9(10)6-17)7-2-1-3-8(4-7)19(21)22/h1-5H,(H,18,20). The van der Waals surface area contributed by atoms with Crippen LogP contribution in [0.15, 0.2) is 35.1 Å². The van der Waals surface area contributed by atoms with Crippen LogP contribution in [0.5, 0.6) is 0 Å². The van der Waals surface area contributed by atoms with Crippen LogP contribution in [0, 0.1) is 21.4 Å². The van der Waals surface area contributed by atoms with Crippen LogP contribution in [0.4, 0.5) is 18.9 Å². The van der Waals surface area contributed by atoms with Gasteiger partial charge in [0.1, 0.15) is 11.6 Å². The molecule has 0 atom stereocenters. The highest BCUT2D eigenvalue weighted by Crippen LogP contribution is 2.33. The van der Waals surface area contributed by atoms with Crippen molar-refractivity contribution in [2.75, 3.05) is 0 Å². The minimum atomic E-state index is -4.89. The number of nitro benzene ring substituents is 1. The summed E-state index contributed by atoms with van der Waals surface area (Å²) in [5.74, 6) is 0. The predicted molar refractivity (Wildman–Crippen MR) is 68.9 cm³/mol. The molecule has 0 aliphatic rings. The molecule has 1 aromatic carbocycles. The Hall–Kier alpha value is -3.15. The van der Waals surface area contributed by atoms with Crippen molar-refractivity contribution in [2.24, 2.45) is 0 Å². The van der Waals surface area contributed by atoms with Gasteiger partial charge >= 0.3 is 6.18 Å². The Bertz CT molecular complexity index is 850. The fourth-order valence-electron chi connectivity index (χ4n) is 1.84. The van der Waals surface area contributed by atoms with E-state index < -0.39 is 27.8 Å². The van der Waals surface area contributed by atoms with Crippen molar-refractivity contribution < 1.29 is 18.1 Å². The first-order valence-corrected chi connectivity index (χ1v) is 5.73. The summed E-state index contributed by atoms with van der Waals surface area (Å²) in [6, 6.07) is 6.56. The molecule has 1 heterocycles. The highest BCUT2D eigenvalue weighted by Gasteiger charge is 2.35. The second kappa shape index (κ2) is 5.33. The van der Waals surface area contributed by atoms with Crippen molar-refractivity contribution in [3.8, 4) is 17.3 Å². The molecule has 1 N–H and O–H groups in total. The van der Waals surface area contributed by atoms with Crippen molar-refractivity contribution in [2.45, 2.75) is 6.18 Å². The van der Waals surface area contributed by atoms with E-state index in [2.05, 4.69) is 4.98 Å². The summed E-state index contributed by atoms with van der Waals surface area (Å²) in [6.45, 7) is 0. The lowest BCUT2D eigenvalue weighted by Gasteiger charge is -2.10. The van der Waals surface area contributed by atoms with E-state index >= 15 is 0 Å². The normalized spacial score (nSPS) is 11.0. The van der Waals surface area contributed by atoms with Crippen LogP contribution >= 0.6 is 0 Å². The molecule has 0 bridgehead atoms. The van der Waals surface area contributed by atoms with Crippen LogP contribution < -0.4 is 5.56 Å². The maximum atomic E-state index is 12.9. The van der Waals surface area contributed by atoms with Crippen molar-refractivity contribution in [1.29, 1.82) is 5.26 Å². The second-order valence-electron chi connectivity index (χ2n) is 4.22. The zero-order valence-electron chi connectivity index (χ0n) is 10.6. The number of non-ortho nitro benzene ring substituents is 1. The number of nitro groups is 1. The van der Waals surface area contributed by atoms with Gasteiger partial charge in [-0.1, -0.05) is 12.1 Å². The minimum absolute atomic E-state index is 0.0290. The molecule has 0 saturated heterocycles. The third-order valence-corrected chi connectivity index (χ3v) is 2.82. The molecule has 9 heteroatoms. The van der Waals surface area contributed by atoms with Gasteiger partial charge in [0.15, 0.2) is 0 Å². The number of nitriles is 1. The molecule has 0 amide bonds. The SMILES string of the molecule is N#Cc1c(C(F)(F)F)cc(-c2cccc([N+](=O)[O-])c2)[nH]c1=O. The quantitative estimate of drug-likeness (QED) is 0.681. The molecule has 0 saturated carbocycles. The number of pyridine rings is 1. The predicted octanol–water partition coefficient (Wildman–Crippen LogP) is 2.84. The van der Waals surface area contributed by atoms with E-state index in [9.17, 15) is 28.1 Å². The van der Waals surface area contributed by atoms with Crippen molar-refractivity contribution in [3.63, 3.8) is 0 Å². The Labute approximate surface area is 120 Å². The van der Waals surface area contributed by atoms with Gasteiger partial charge in [-0.15, -0.1) is 0 Å². The van der Waals surface area contributed by atoms with E-state index in [0.717, 1.165) is 12.1 Å². The van der Waals surface area contributed by atoms with Gasteiger partial charge in [0.25, 0.3) is 11.2 Å². The average Bonchev–Trinajstić information content (AvgIpc) is 2.45. The van der Waals surface area contributed by atoms with Crippen LogP contribution in [0.2, 0.25) is 0 Å². The number of aromatic nitrogens is 1. The lowest BCUT2D eigenvalue weighted by Crippen LogP contribution is -2.19. The van der Waals surface area contributed by atoms with E-state index in [4.69, 9.17) is 5.26 Å². The molecule has 0 unspecified atom stereocenters. The molecule has 112 valence electrons. The summed E-state index contributed by atoms with van der Waals surface area (Å²) in [6.07, 6.45) is -4.89. The summed E-state index contributed by atoms with van der Waals surface area (Å²) in [5, 5.41) is 19.4. The zero-order valence-corrected chi connectivity index (χ0v) is 10.6. The molecule has 2 aromatic rings. The Kier molecular flexibility index (Phi) is 3.69. The Balaban J connectivity index is 2.71. The Morgan fingerprint density at radius 1 is 1.27 bits per heavy atom. The van der Waals surface area contributed by atoms with E-state index in [1.54, 1.807) is 0 Å². The van der Waals surface area contributed by atoms with Gasteiger partial charge in [-0.25, -0.2) is 0 Å². The van der Waals surface area contributed by atoms with E-state index in [-0.39, 0.29) is 16.9 Å². The van der Waals surface area contributed by atoms with E-state index in [1.165, 1.54) is 18.2 Å². The van der Waals surface area contributed by atoms with Crippen LogP contribution in [0.3, 0.4) is 0 Å². The topological polar surface area (TPSA) is 99.8 Å². The second-order valence-corrected chi connectivity index (χ2v) is 4.22. The van der Waals surface area contributed by atoms with Crippen LogP contribution in [0.25, 0.3) is 11.3 Å². The number of nitrogens with zero attached hydrogens (tertiary/aromatic N) is 2. The molecule has 0 radical (unpaired) electrons. The number of benzene rings is 1. The summed E-state index contributed by atoms with van der Waals surface area (Å²) in [5.41, 5.74) is -4.22. The van der Waals surface area contributed by atoms with E-state index in [1.807, 2.05) is 0 Å². The molecule has 0 aliphatic heterocycles. The van der Waals surface area contributed by atoms with Gasteiger partial charge in [0.05, 0.1) is 10.5 Å². The van der Waals surface area contributed by atoms with Gasteiger partial charge in [0.2, 0.25) is 0 Å². The number of hydrogen-bond acceptors (Lipinski definition) is 4. The van der Waals surface area contributed by atoms with Crippen molar-refractivity contribution in [1.82, 2.24) is 4.98 Å². The number of rotatable bonds is 2. The molecular weight excluding hydrogens is 303 g/mol. The van der Waals surface area contributed by atoms with E-state index in [0.29, 0.717) is 6.07 Å². The third kappa shape index (κ3) is 2.80. The highest BCUT2D eigenvalue weighted by molar-refractivity contribution is 5.64. The van der Waals surface area contributed by atoms with Gasteiger partial charge in [-0.2, -0.15) is 18.4 Å². The monoisotopic (exact) mass is 309 g/mol. The van der Waals surface area contributed by atoms with Crippen LogP contribution in [0.1, 0.15) is 11.1 Å². The first-order valence-electron chi connectivity index (χ1n) is 5.73. The fraction of sp³-hybridized carbons (Fsp3) is 0.0769. The van der Waals surface area contributed by atoms with Gasteiger partial charge in [-0.3, -0.25) is 14.9 Å². The van der Waals surface area contributed by atoms with Crippen LogP contribution in [-0.2, 0) is 6.18 Å². The Morgan fingerprint density at radius 2 is 1.95 bits per heavy atom. The van der Waals surface area contributed by atoms with Gasteiger partial charge in [0, 0.05) is 23.4 Å². The molecule has 2 rings (SSSR count). The number of H-pyrrole nitrogens is 1. The average molecular weight is 309 g/mol. The highest BCUT2D eigenvalue weighted by atomic mass is 19.4. The molecule has 1 aromatic heterocycles. The van der Waals surface area contributed by atoms with Gasteiger partial charge < -0.3 is 4.98 Å². The number of halogens is 3. The largest absolute Gasteiger partial charge is 0.417 e. The summed E-state index contributed by atoms with van der Waals surface area (Å²) < 4.78 is 38.7. The fourth-order valence-corrected chi connectivity index (χ4v) is 1.84. The van der Waals surface area contributed by atoms with Gasteiger partial charge in [-0.05, 0) is 6.07 Å². The third-order valence-electron chi connectivity index (χ3n) is 2.82. The summed E-state index contributed by atoms with van der Waals surface area (Å²) in [7, 11) is 0. The molecule has 0 aliphatic carbocycles. The van der Waals surface area contributed by atoms with Crippen LogP contribution in [-0.4, -0.2) is 9.91 Å². The maximum absolute atomic E-state index is 12.9. The maximum Gasteiger partial charge on any atom is 0.417 e. The minimum Gasteiger partial charge on any atom is -0.321 e. The molecule has 6 nitrogen and oxygen atoms in total. The summed E-state index contributed by atoms with van der Waals surface area (Å²) in [4.78, 5) is 23.7. The summed E-state index contributed by atoms with van der Waals surface area (Å²) >= 11 is 0. The lowest BCUT2D eigenvalue weighted by atomic mass is 10.0. The number of aromatic amines is 1. The Morgan fingerprint density at radius 3 is 2.50 bits per heavy atom. The first kappa shape index (κ1) is 15.2. The molecule has 0 spiro atoms. The lowest BCUT2D eigenvalue weighted by molar-refractivity contribution is -0.384.